The highest BCUT2D eigenvalue weighted by Gasteiger charge is 2.32. The van der Waals surface area contributed by atoms with Crippen molar-refractivity contribution in [2.75, 3.05) is 12.4 Å². The Labute approximate surface area is 92.1 Å². The van der Waals surface area contributed by atoms with Crippen LogP contribution in [0.15, 0.2) is 0 Å². The number of hydrogen-bond acceptors (Lipinski definition) is 3. The molecule has 5 heteroatoms. The first-order valence-electron chi connectivity index (χ1n) is 5.53. The minimum atomic E-state index is -3.17. The van der Waals surface area contributed by atoms with E-state index in [1.165, 1.54) is 0 Å². The Morgan fingerprint density at radius 1 is 1.47 bits per heavy atom. The average Bonchev–Trinajstić information content (AvgIpc) is 2.86. The van der Waals surface area contributed by atoms with Crippen LogP contribution in [0.4, 0.5) is 0 Å². The fraction of sp³-hybridized carbons (Fsp3) is 1.00. The molecule has 0 aromatic rings. The van der Waals surface area contributed by atoms with Gasteiger partial charge in [0, 0.05) is 12.1 Å². The molecule has 15 heavy (non-hydrogen) atoms. The van der Waals surface area contributed by atoms with Gasteiger partial charge in [0.25, 0.3) is 0 Å². The number of aliphatic hydroxyl groups excluding tert-OH is 1. The first-order chi connectivity index (χ1) is 6.91. The molecular formula is C10H21NO3S. The van der Waals surface area contributed by atoms with Gasteiger partial charge in [-0.1, -0.05) is 6.92 Å². The van der Waals surface area contributed by atoms with Crippen molar-refractivity contribution >= 4 is 10.0 Å². The van der Waals surface area contributed by atoms with Gasteiger partial charge >= 0.3 is 0 Å². The molecular weight excluding hydrogens is 214 g/mol. The number of nitrogens with one attached hydrogen (secondary N) is 1. The molecule has 2 N–H and O–H groups in total. The molecule has 0 amide bonds. The van der Waals surface area contributed by atoms with Gasteiger partial charge in [0.2, 0.25) is 10.0 Å². The zero-order chi connectivity index (χ0) is 11.5. The second-order valence-corrected chi connectivity index (χ2v) is 6.48. The third-order valence-electron chi connectivity index (χ3n) is 3.00. The van der Waals surface area contributed by atoms with E-state index >= 15 is 0 Å². The lowest BCUT2D eigenvalue weighted by molar-refractivity contribution is 0.233. The molecule has 0 heterocycles. The lowest BCUT2D eigenvalue weighted by Gasteiger charge is -2.28. The van der Waals surface area contributed by atoms with Crippen molar-refractivity contribution in [3.05, 3.63) is 0 Å². The van der Waals surface area contributed by atoms with Crippen LogP contribution in [0, 0.1) is 5.92 Å². The summed E-state index contributed by atoms with van der Waals surface area (Å²) in [5, 5.41) is 8.89. The van der Waals surface area contributed by atoms with Crippen molar-refractivity contribution in [1.29, 1.82) is 0 Å². The molecule has 0 aromatic carbocycles. The van der Waals surface area contributed by atoms with E-state index in [-0.39, 0.29) is 12.4 Å². The van der Waals surface area contributed by atoms with Crippen LogP contribution >= 0.6 is 0 Å². The minimum Gasteiger partial charge on any atom is -0.396 e. The second-order valence-electron chi connectivity index (χ2n) is 4.71. The molecule has 1 aliphatic rings. The third kappa shape index (κ3) is 4.49. The van der Waals surface area contributed by atoms with Gasteiger partial charge in [0.1, 0.15) is 0 Å². The van der Waals surface area contributed by atoms with Gasteiger partial charge in [-0.25, -0.2) is 13.1 Å². The van der Waals surface area contributed by atoms with Crippen LogP contribution in [0.5, 0.6) is 0 Å². The Balaban J connectivity index is 2.55. The quantitative estimate of drug-likeness (QED) is 0.688. The summed E-state index contributed by atoms with van der Waals surface area (Å²) in [4.78, 5) is 0. The molecule has 4 nitrogen and oxygen atoms in total. The Bertz CT molecular complexity index is 298. The normalized spacial score (nSPS) is 21.3. The van der Waals surface area contributed by atoms with E-state index in [9.17, 15) is 8.42 Å². The standard InChI is InChI=1S/C10H21NO3S/c1-3-10(2,6-7-12)11-15(13,14)8-9-4-5-9/h9,11-12H,3-8H2,1-2H3. The molecule has 1 rings (SSSR count). The molecule has 1 aliphatic carbocycles. The van der Waals surface area contributed by atoms with Crippen molar-refractivity contribution in [2.45, 2.75) is 45.1 Å². The number of hydrogen-bond donors (Lipinski definition) is 2. The maximum absolute atomic E-state index is 11.7. The molecule has 0 aromatic heterocycles. The molecule has 90 valence electrons. The topological polar surface area (TPSA) is 66.4 Å². The first kappa shape index (κ1) is 12.9. The van der Waals surface area contributed by atoms with Gasteiger partial charge in [-0.05, 0) is 38.5 Å². The molecule has 0 saturated heterocycles. The van der Waals surface area contributed by atoms with Crippen molar-refractivity contribution in [2.24, 2.45) is 5.92 Å². The maximum atomic E-state index is 11.7. The predicted molar refractivity (Wildman–Crippen MR) is 60.0 cm³/mol. The van der Waals surface area contributed by atoms with Crippen LogP contribution in [0.2, 0.25) is 0 Å². The van der Waals surface area contributed by atoms with Crippen LogP contribution in [0.25, 0.3) is 0 Å². The zero-order valence-corrected chi connectivity index (χ0v) is 10.3. The first-order valence-corrected chi connectivity index (χ1v) is 7.18. The lowest BCUT2D eigenvalue weighted by Crippen LogP contribution is -2.47. The highest BCUT2D eigenvalue weighted by molar-refractivity contribution is 7.89. The zero-order valence-electron chi connectivity index (χ0n) is 9.49. The molecule has 0 aliphatic heterocycles. The summed E-state index contributed by atoms with van der Waals surface area (Å²) in [6, 6.07) is 0. The van der Waals surface area contributed by atoms with Crippen LogP contribution in [-0.4, -0.2) is 31.4 Å². The molecule has 1 unspecified atom stereocenters. The van der Waals surface area contributed by atoms with Crippen molar-refractivity contribution in [3.63, 3.8) is 0 Å². The smallest absolute Gasteiger partial charge is 0.212 e. The monoisotopic (exact) mass is 235 g/mol. The fourth-order valence-electron chi connectivity index (χ4n) is 1.56. The van der Waals surface area contributed by atoms with Crippen molar-refractivity contribution in [3.8, 4) is 0 Å². The highest BCUT2D eigenvalue weighted by Crippen LogP contribution is 2.30. The van der Waals surface area contributed by atoms with E-state index in [2.05, 4.69) is 4.72 Å². The summed E-state index contributed by atoms with van der Waals surface area (Å²) in [6.45, 7) is 3.78. The predicted octanol–water partition coefficient (Wildman–Crippen LogP) is 0.867. The van der Waals surface area contributed by atoms with E-state index in [0.717, 1.165) is 12.8 Å². The summed E-state index contributed by atoms with van der Waals surface area (Å²) in [5.41, 5.74) is -0.498. The molecule has 1 saturated carbocycles. The van der Waals surface area contributed by atoms with E-state index in [1.807, 2.05) is 13.8 Å². The van der Waals surface area contributed by atoms with E-state index in [4.69, 9.17) is 5.11 Å². The Morgan fingerprint density at radius 3 is 2.47 bits per heavy atom. The van der Waals surface area contributed by atoms with Crippen molar-refractivity contribution < 1.29 is 13.5 Å². The number of aliphatic hydroxyl groups is 1. The Hall–Kier alpha value is -0.130. The molecule has 0 bridgehead atoms. The largest absolute Gasteiger partial charge is 0.396 e. The van der Waals surface area contributed by atoms with Gasteiger partial charge in [-0.15, -0.1) is 0 Å². The van der Waals surface area contributed by atoms with E-state index < -0.39 is 15.6 Å². The Kier molecular flexibility index (Phi) is 4.14. The van der Waals surface area contributed by atoms with Crippen LogP contribution in [0.3, 0.4) is 0 Å². The SMILES string of the molecule is CCC(C)(CCO)NS(=O)(=O)CC1CC1. The summed E-state index contributed by atoms with van der Waals surface area (Å²) in [7, 11) is -3.17. The number of rotatable bonds is 7. The van der Waals surface area contributed by atoms with Gasteiger partial charge in [-0.2, -0.15) is 0 Å². The molecule has 1 fully saturated rings. The molecule has 1 atom stereocenters. The van der Waals surface area contributed by atoms with Crippen LogP contribution < -0.4 is 4.72 Å². The van der Waals surface area contributed by atoms with Crippen LogP contribution in [-0.2, 0) is 10.0 Å². The maximum Gasteiger partial charge on any atom is 0.212 e. The van der Waals surface area contributed by atoms with E-state index in [0.29, 0.717) is 18.8 Å². The summed E-state index contributed by atoms with van der Waals surface area (Å²) >= 11 is 0. The third-order valence-corrected chi connectivity index (χ3v) is 4.71. The summed E-state index contributed by atoms with van der Waals surface area (Å²) in [6.07, 6.45) is 3.22. The molecule has 0 radical (unpaired) electrons. The average molecular weight is 235 g/mol. The minimum absolute atomic E-state index is 0.0102. The Morgan fingerprint density at radius 2 is 2.07 bits per heavy atom. The van der Waals surface area contributed by atoms with Gasteiger partial charge in [0.15, 0.2) is 0 Å². The fourth-order valence-corrected chi connectivity index (χ4v) is 3.59. The van der Waals surface area contributed by atoms with Crippen molar-refractivity contribution in [1.82, 2.24) is 4.72 Å². The van der Waals surface area contributed by atoms with Gasteiger partial charge in [-0.3, -0.25) is 0 Å². The van der Waals surface area contributed by atoms with Crippen LogP contribution in [0.1, 0.15) is 39.5 Å². The van der Waals surface area contributed by atoms with E-state index in [1.54, 1.807) is 0 Å². The van der Waals surface area contributed by atoms with Gasteiger partial charge < -0.3 is 5.11 Å². The lowest BCUT2D eigenvalue weighted by atomic mass is 9.97. The second kappa shape index (κ2) is 4.80. The highest BCUT2D eigenvalue weighted by atomic mass is 32.2. The summed E-state index contributed by atoms with van der Waals surface area (Å²) < 4.78 is 26.2. The van der Waals surface area contributed by atoms with Gasteiger partial charge in [0.05, 0.1) is 5.75 Å². The molecule has 0 spiro atoms. The number of sulfonamides is 1. The summed E-state index contributed by atoms with van der Waals surface area (Å²) in [5.74, 6) is 0.603.